The molecule has 2 rings (SSSR count). The van der Waals surface area contributed by atoms with Gasteiger partial charge in [0.15, 0.2) is 0 Å². The number of hydrogen-bond acceptors (Lipinski definition) is 1. The van der Waals surface area contributed by atoms with Crippen LogP contribution in [0.15, 0.2) is 18.2 Å². The second-order valence-corrected chi connectivity index (χ2v) is 3.56. The van der Waals surface area contributed by atoms with Crippen molar-refractivity contribution in [2.75, 3.05) is 0 Å². The first-order valence-corrected chi connectivity index (χ1v) is 4.65. The molecular weight excluding hydrogens is 203 g/mol. The largest absolute Gasteiger partial charge is 0.345 e. The fraction of sp³-hybridized carbons (Fsp3) is 0.200. The molecule has 0 aliphatic rings. The van der Waals surface area contributed by atoms with E-state index in [9.17, 15) is 4.39 Å². The van der Waals surface area contributed by atoms with Crippen molar-refractivity contribution in [3.8, 4) is 0 Å². The van der Waals surface area contributed by atoms with Crippen molar-refractivity contribution in [3.63, 3.8) is 0 Å². The van der Waals surface area contributed by atoms with E-state index in [1.165, 1.54) is 12.1 Å². The van der Waals surface area contributed by atoms with E-state index >= 15 is 0 Å². The van der Waals surface area contributed by atoms with Crippen molar-refractivity contribution >= 4 is 22.5 Å². The molecule has 74 valence electrons. The maximum atomic E-state index is 13.0. The predicted molar refractivity (Wildman–Crippen MR) is 55.8 cm³/mol. The van der Waals surface area contributed by atoms with E-state index in [1.54, 1.807) is 6.07 Å². The number of aryl methyl sites for hydroxylation is 1. The molecule has 4 heteroatoms. The van der Waals surface area contributed by atoms with Gasteiger partial charge in [-0.25, -0.2) is 4.39 Å². The minimum Gasteiger partial charge on any atom is -0.345 e. The molecule has 0 bridgehead atoms. The van der Waals surface area contributed by atoms with Crippen LogP contribution in [0.5, 0.6) is 0 Å². The topological polar surface area (TPSA) is 30.9 Å². The lowest BCUT2D eigenvalue weighted by atomic mass is 10.2. The molecule has 2 aromatic rings. The van der Waals surface area contributed by atoms with Crippen LogP contribution in [0.25, 0.3) is 10.9 Å². The van der Waals surface area contributed by atoms with E-state index in [0.29, 0.717) is 11.6 Å². The third-order valence-electron chi connectivity index (χ3n) is 2.41. The zero-order chi connectivity index (χ0) is 10.3. The highest BCUT2D eigenvalue weighted by molar-refractivity contribution is 6.36. The molecule has 1 aromatic heterocycles. The number of benzene rings is 1. The molecule has 0 saturated heterocycles. The van der Waals surface area contributed by atoms with E-state index in [0.717, 1.165) is 16.6 Å². The molecule has 0 spiro atoms. The standard InChI is InChI=1S/C10H10ClFN2/c1-14-8-3-2-6(12)4-7(8)10(11)9(14)5-13/h2-4H,5,13H2,1H3. The van der Waals surface area contributed by atoms with Gasteiger partial charge in [0.2, 0.25) is 0 Å². The second-order valence-electron chi connectivity index (χ2n) is 3.19. The Morgan fingerprint density at radius 2 is 2.21 bits per heavy atom. The second kappa shape index (κ2) is 3.26. The van der Waals surface area contributed by atoms with Crippen molar-refractivity contribution in [2.45, 2.75) is 6.54 Å². The van der Waals surface area contributed by atoms with E-state index < -0.39 is 0 Å². The highest BCUT2D eigenvalue weighted by atomic mass is 35.5. The molecule has 0 radical (unpaired) electrons. The van der Waals surface area contributed by atoms with Gasteiger partial charge in [-0.15, -0.1) is 0 Å². The summed E-state index contributed by atoms with van der Waals surface area (Å²) < 4.78 is 14.8. The fourth-order valence-corrected chi connectivity index (χ4v) is 2.01. The van der Waals surface area contributed by atoms with Crippen LogP contribution in [-0.2, 0) is 13.6 Å². The van der Waals surface area contributed by atoms with Gasteiger partial charge in [-0.2, -0.15) is 0 Å². The number of aromatic nitrogens is 1. The number of halogens is 2. The summed E-state index contributed by atoms with van der Waals surface area (Å²) in [4.78, 5) is 0. The first-order valence-electron chi connectivity index (χ1n) is 4.27. The number of hydrogen-bond donors (Lipinski definition) is 1. The zero-order valence-electron chi connectivity index (χ0n) is 7.72. The summed E-state index contributed by atoms with van der Waals surface area (Å²) in [5, 5.41) is 1.26. The summed E-state index contributed by atoms with van der Waals surface area (Å²) in [6.45, 7) is 0.353. The van der Waals surface area contributed by atoms with E-state index in [1.807, 2.05) is 11.6 Å². The molecule has 2 nitrogen and oxygen atoms in total. The summed E-state index contributed by atoms with van der Waals surface area (Å²) in [6.07, 6.45) is 0. The van der Waals surface area contributed by atoms with Crippen molar-refractivity contribution in [1.29, 1.82) is 0 Å². The Morgan fingerprint density at radius 1 is 1.50 bits per heavy atom. The molecule has 0 aliphatic carbocycles. The van der Waals surface area contributed by atoms with Gasteiger partial charge < -0.3 is 10.3 Å². The summed E-state index contributed by atoms with van der Waals surface area (Å²) in [5.41, 5.74) is 7.28. The molecule has 1 aromatic carbocycles. The van der Waals surface area contributed by atoms with Crippen LogP contribution in [0.4, 0.5) is 4.39 Å². The summed E-state index contributed by atoms with van der Waals surface area (Å²) in [7, 11) is 1.87. The Kier molecular flexibility index (Phi) is 2.21. The van der Waals surface area contributed by atoms with Crippen LogP contribution in [0, 0.1) is 5.82 Å². The van der Waals surface area contributed by atoms with Gasteiger partial charge in [-0.1, -0.05) is 11.6 Å². The molecule has 0 fully saturated rings. The molecule has 0 saturated carbocycles. The SMILES string of the molecule is Cn1c(CN)c(Cl)c2cc(F)ccc21. The first-order chi connectivity index (χ1) is 6.65. The molecule has 0 amide bonds. The van der Waals surface area contributed by atoms with Crippen molar-refractivity contribution in [1.82, 2.24) is 4.57 Å². The lowest BCUT2D eigenvalue weighted by molar-refractivity contribution is 0.629. The molecule has 0 aliphatic heterocycles. The normalized spacial score (nSPS) is 11.1. The van der Waals surface area contributed by atoms with Gasteiger partial charge in [0.25, 0.3) is 0 Å². The maximum absolute atomic E-state index is 13.0. The van der Waals surface area contributed by atoms with Crippen LogP contribution < -0.4 is 5.73 Å². The van der Waals surface area contributed by atoms with Gasteiger partial charge in [-0.05, 0) is 18.2 Å². The van der Waals surface area contributed by atoms with E-state index in [2.05, 4.69) is 0 Å². The van der Waals surface area contributed by atoms with Crippen LogP contribution in [-0.4, -0.2) is 4.57 Å². The highest BCUT2D eigenvalue weighted by Crippen LogP contribution is 2.29. The van der Waals surface area contributed by atoms with Crippen molar-refractivity contribution < 1.29 is 4.39 Å². The fourth-order valence-electron chi connectivity index (χ4n) is 1.65. The number of nitrogens with zero attached hydrogens (tertiary/aromatic N) is 1. The smallest absolute Gasteiger partial charge is 0.124 e. The van der Waals surface area contributed by atoms with Gasteiger partial charge in [0, 0.05) is 24.5 Å². The molecule has 14 heavy (non-hydrogen) atoms. The number of nitrogens with two attached hydrogens (primary N) is 1. The van der Waals surface area contributed by atoms with Gasteiger partial charge in [0.1, 0.15) is 5.82 Å². The third kappa shape index (κ3) is 1.21. The Morgan fingerprint density at radius 3 is 2.86 bits per heavy atom. The third-order valence-corrected chi connectivity index (χ3v) is 2.83. The number of rotatable bonds is 1. The van der Waals surface area contributed by atoms with Crippen molar-refractivity contribution in [3.05, 3.63) is 34.7 Å². The maximum Gasteiger partial charge on any atom is 0.124 e. The molecule has 2 N–H and O–H groups in total. The van der Waals surface area contributed by atoms with Crippen LogP contribution in [0.2, 0.25) is 5.02 Å². The Bertz CT molecular complexity index is 490. The lowest BCUT2D eigenvalue weighted by Crippen LogP contribution is -2.03. The minimum atomic E-state index is -0.284. The number of fused-ring (bicyclic) bond motifs is 1. The Balaban J connectivity index is 2.87. The molecule has 0 unspecified atom stereocenters. The van der Waals surface area contributed by atoms with Gasteiger partial charge in [0.05, 0.1) is 10.7 Å². The van der Waals surface area contributed by atoms with Crippen molar-refractivity contribution in [2.24, 2.45) is 12.8 Å². The lowest BCUT2D eigenvalue weighted by Gasteiger charge is -2.00. The summed E-state index contributed by atoms with van der Waals surface area (Å²) in [5.74, 6) is -0.284. The van der Waals surface area contributed by atoms with Crippen LogP contribution in [0.1, 0.15) is 5.69 Å². The van der Waals surface area contributed by atoms with Gasteiger partial charge >= 0.3 is 0 Å². The molecular formula is C10H10ClFN2. The summed E-state index contributed by atoms with van der Waals surface area (Å²) >= 11 is 6.07. The Labute approximate surface area is 86.1 Å². The van der Waals surface area contributed by atoms with Crippen LogP contribution >= 0.6 is 11.6 Å². The van der Waals surface area contributed by atoms with E-state index in [4.69, 9.17) is 17.3 Å². The summed E-state index contributed by atoms with van der Waals surface area (Å²) in [6, 6.07) is 4.55. The molecule has 0 atom stereocenters. The molecule has 1 heterocycles. The monoisotopic (exact) mass is 212 g/mol. The average Bonchev–Trinajstić information content (AvgIpc) is 2.39. The highest BCUT2D eigenvalue weighted by Gasteiger charge is 2.12. The average molecular weight is 213 g/mol. The van der Waals surface area contributed by atoms with Gasteiger partial charge in [-0.3, -0.25) is 0 Å². The zero-order valence-corrected chi connectivity index (χ0v) is 8.48. The predicted octanol–water partition coefficient (Wildman–Crippen LogP) is 2.43. The van der Waals surface area contributed by atoms with Crippen LogP contribution in [0.3, 0.4) is 0 Å². The quantitative estimate of drug-likeness (QED) is 0.774. The minimum absolute atomic E-state index is 0.284. The Hall–Kier alpha value is -1.06. The first kappa shape index (κ1) is 9.49. The van der Waals surface area contributed by atoms with E-state index in [-0.39, 0.29) is 5.82 Å².